The van der Waals surface area contributed by atoms with E-state index in [1.165, 1.54) is 24.0 Å². The molecule has 0 aromatic heterocycles. The molecule has 0 unspecified atom stereocenters. The Morgan fingerprint density at radius 1 is 1.12 bits per heavy atom. The van der Waals surface area contributed by atoms with Gasteiger partial charge in [0.2, 0.25) is 11.8 Å². The molecule has 0 saturated carbocycles. The van der Waals surface area contributed by atoms with Crippen molar-refractivity contribution in [2.24, 2.45) is 0 Å². The number of hydrogen-bond acceptors (Lipinski definition) is 2. The van der Waals surface area contributed by atoms with Crippen LogP contribution in [0.5, 0.6) is 0 Å². The fourth-order valence-electron chi connectivity index (χ4n) is 2.98. The van der Waals surface area contributed by atoms with Crippen LogP contribution in [0, 0.1) is 0 Å². The number of nitrogens with zero attached hydrogens (tertiary/aromatic N) is 1. The van der Waals surface area contributed by atoms with E-state index in [1.54, 1.807) is 12.1 Å². The number of hydrogen-bond donors (Lipinski definition) is 1. The number of fused-ring (bicyclic) bond motifs is 1. The van der Waals surface area contributed by atoms with Crippen molar-refractivity contribution >= 4 is 23.2 Å². The molecule has 2 amide bonds. The Balaban J connectivity index is 1.84. The normalized spacial score (nSPS) is 16.5. The maximum Gasteiger partial charge on any atom is 0.416 e. The second-order valence-corrected chi connectivity index (χ2v) is 5.81. The summed E-state index contributed by atoms with van der Waals surface area (Å²) < 4.78 is 38.4. The highest BCUT2D eigenvalue weighted by Crippen LogP contribution is 2.33. The van der Waals surface area contributed by atoms with Gasteiger partial charge in [0.15, 0.2) is 0 Å². The highest BCUT2D eigenvalue weighted by atomic mass is 19.4. The molecule has 2 aromatic carbocycles. The van der Waals surface area contributed by atoms with Gasteiger partial charge in [0, 0.05) is 24.7 Å². The van der Waals surface area contributed by atoms with Crippen molar-refractivity contribution < 1.29 is 22.8 Å². The number of halogens is 3. The number of alkyl halides is 3. The van der Waals surface area contributed by atoms with Crippen LogP contribution in [0.15, 0.2) is 48.5 Å². The Morgan fingerprint density at radius 2 is 1.84 bits per heavy atom. The van der Waals surface area contributed by atoms with Gasteiger partial charge in [0.05, 0.1) is 5.56 Å². The lowest BCUT2D eigenvalue weighted by Gasteiger charge is -2.23. The minimum absolute atomic E-state index is 0.0410. The van der Waals surface area contributed by atoms with Crippen LogP contribution in [-0.2, 0) is 22.2 Å². The molecule has 0 saturated heterocycles. The second-order valence-electron chi connectivity index (χ2n) is 5.81. The number of carbonyl (C=O) groups excluding carboxylic acids is 2. The summed E-state index contributed by atoms with van der Waals surface area (Å²) in [5.74, 6) is -0.820. The third-order valence-corrected chi connectivity index (χ3v) is 4.08. The van der Waals surface area contributed by atoms with Crippen molar-refractivity contribution in [3.8, 4) is 0 Å². The largest absolute Gasteiger partial charge is 0.416 e. The molecule has 1 aliphatic rings. The zero-order valence-corrected chi connectivity index (χ0v) is 13.3. The summed E-state index contributed by atoms with van der Waals surface area (Å²) in [4.78, 5) is 25.9. The maximum absolute atomic E-state index is 12.8. The lowest BCUT2D eigenvalue weighted by atomic mass is 10.1. The molecule has 3 rings (SSSR count). The number of para-hydroxylation sites is 1. The Hall–Kier alpha value is -2.83. The van der Waals surface area contributed by atoms with Crippen LogP contribution in [0.1, 0.15) is 18.1 Å². The van der Waals surface area contributed by atoms with Crippen LogP contribution >= 0.6 is 0 Å². The number of carbonyl (C=O) groups is 2. The molecule has 1 N–H and O–H groups in total. The van der Waals surface area contributed by atoms with Gasteiger partial charge in [-0.1, -0.05) is 24.3 Å². The second kappa shape index (κ2) is 6.23. The summed E-state index contributed by atoms with van der Waals surface area (Å²) in [6.45, 7) is 1.35. The molecule has 4 nitrogen and oxygen atoms in total. The summed E-state index contributed by atoms with van der Waals surface area (Å²) in [6.07, 6.45) is -4.17. The molecule has 0 aliphatic carbocycles. The van der Waals surface area contributed by atoms with Crippen LogP contribution in [0.3, 0.4) is 0 Å². The quantitative estimate of drug-likeness (QED) is 0.901. The average Bonchev–Trinajstić information content (AvgIpc) is 2.94. The highest BCUT2D eigenvalue weighted by Gasteiger charge is 2.37. The summed E-state index contributed by atoms with van der Waals surface area (Å²) >= 11 is 0. The van der Waals surface area contributed by atoms with Crippen molar-refractivity contribution in [3.05, 3.63) is 59.7 Å². The van der Waals surface area contributed by atoms with Crippen LogP contribution in [0.25, 0.3) is 0 Å². The van der Waals surface area contributed by atoms with Crippen LogP contribution in [0.4, 0.5) is 24.5 Å². The van der Waals surface area contributed by atoms with Gasteiger partial charge in [-0.25, -0.2) is 0 Å². The molecule has 0 bridgehead atoms. The summed E-state index contributed by atoms with van der Waals surface area (Å²) in [5.41, 5.74) is 0.698. The molecule has 1 aliphatic heterocycles. The maximum atomic E-state index is 12.8. The summed E-state index contributed by atoms with van der Waals surface area (Å²) in [6, 6.07) is 10.8. The minimum atomic E-state index is -4.49. The molecule has 2 aromatic rings. The van der Waals surface area contributed by atoms with Gasteiger partial charge in [0.1, 0.15) is 6.04 Å². The van der Waals surface area contributed by atoms with Gasteiger partial charge in [-0.05, 0) is 29.8 Å². The standard InChI is InChI=1S/C18H15F3N2O2/c1-11(24)23-15-8-3-2-5-12(15)9-16(23)17(25)22-14-7-4-6-13(10-14)18(19,20)21/h2-8,10,16H,9H2,1H3,(H,22,25)/t16-/m1/s1. The summed E-state index contributed by atoms with van der Waals surface area (Å²) in [7, 11) is 0. The third kappa shape index (κ3) is 3.35. The van der Waals surface area contributed by atoms with E-state index in [1.807, 2.05) is 12.1 Å². The molecule has 1 heterocycles. The summed E-state index contributed by atoms with van der Waals surface area (Å²) in [5, 5.41) is 2.48. The lowest BCUT2D eigenvalue weighted by molar-refractivity contribution is -0.137. The molecule has 7 heteroatoms. The average molecular weight is 348 g/mol. The minimum Gasteiger partial charge on any atom is -0.324 e. The first-order valence-electron chi connectivity index (χ1n) is 7.63. The molecule has 25 heavy (non-hydrogen) atoms. The van der Waals surface area contributed by atoms with Crippen molar-refractivity contribution in [1.29, 1.82) is 0 Å². The number of anilines is 2. The fraction of sp³-hybridized carbons (Fsp3) is 0.222. The molecule has 0 radical (unpaired) electrons. The lowest BCUT2D eigenvalue weighted by Crippen LogP contribution is -2.44. The topological polar surface area (TPSA) is 49.4 Å². The van der Waals surface area contributed by atoms with Gasteiger partial charge in [0.25, 0.3) is 0 Å². The van der Waals surface area contributed by atoms with E-state index in [9.17, 15) is 22.8 Å². The van der Waals surface area contributed by atoms with E-state index < -0.39 is 23.7 Å². The fourth-order valence-corrected chi connectivity index (χ4v) is 2.98. The van der Waals surface area contributed by atoms with Crippen molar-refractivity contribution in [2.75, 3.05) is 10.2 Å². The Bertz CT molecular complexity index is 833. The number of benzene rings is 2. The third-order valence-electron chi connectivity index (χ3n) is 4.08. The van der Waals surface area contributed by atoms with E-state index in [4.69, 9.17) is 0 Å². The number of rotatable bonds is 2. The Kier molecular flexibility index (Phi) is 4.24. The van der Waals surface area contributed by atoms with Gasteiger partial charge in [-0.3, -0.25) is 14.5 Å². The molecule has 0 spiro atoms. The predicted molar refractivity (Wildman–Crippen MR) is 87.2 cm³/mol. The van der Waals surface area contributed by atoms with E-state index in [2.05, 4.69) is 5.32 Å². The Morgan fingerprint density at radius 3 is 2.52 bits per heavy atom. The van der Waals surface area contributed by atoms with Crippen molar-refractivity contribution in [3.63, 3.8) is 0 Å². The van der Waals surface area contributed by atoms with Crippen LogP contribution < -0.4 is 10.2 Å². The zero-order chi connectivity index (χ0) is 18.2. The highest BCUT2D eigenvalue weighted by molar-refractivity contribution is 6.06. The number of amides is 2. The molecule has 1 atom stereocenters. The first-order valence-corrected chi connectivity index (χ1v) is 7.63. The van der Waals surface area contributed by atoms with Crippen LogP contribution in [-0.4, -0.2) is 17.9 Å². The predicted octanol–water partition coefficient (Wildman–Crippen LogP) is 3.62. The van der Waals surface area contributed by atoms with Gasteiger partial charge < -0.3 is 5.32 Å². The SMILES string of the molecule is CC(=O)N1c2ccccc2C[C@@H]1C(=O)Nc1cccc(C(F)(F)F)c1. The molecule has 130 valence electrons. The van der Waals surface area contributed by atoms with E-state index >= 15 is 0 Å². The zero-order valence-electron chi connectivity index (χ0n) is 13.3. The van der Waals surface area contributed by atoms with E-state index in [0.29, 0.717) is 12.1 Å². The molecular weight excluding hydrogens is 333 g/mol. The van der Waals surface area contributed by atoms with Crippen molar-refractivity contribution in [2.45, 2.75) is 25.6 Å². The first-order chi connectivity index (χ1) is 11.8. The van der Waals surface area contributed by atoms with E-state index in [0.717, 1.165) is 17.7 Å². The smallest absolute Gasteiger partial charge is 0.324 e. The molecule has 0 fully saturated rings. The van der Waals surface area contributed by atoms with Crippen molar-refractivity contribution in [1.82, 2.24) is 0 Å². The molecular formula is C18H15F3N2O2. The van der Waals surface area contributed by atoms with Gasteiger partial charge in [-0.2, -0.15) is 13.2 Å². The van der Waals surface area contributed by atoms with Gasteiger partial charge in [-0.15, -0.1) is 0 Å². The number of nitrogens with one attached hydrogen (secondary N) is 1. The van der Waals surface area contributed by atoms with Gasteiger partial charge >= 0.3 is 6.18 Å². The first kappa shape index (κ1) is 17.0. The monoisotopic (exact) mass is 348 g/mol. The Labute approximate surface area is 142 Å². The van der Waals surface area contributed by atoms with E-state index in [-0.39, 0.29) is 11.6 Å². The van der Waals surface area contributed by atoms with Crippen LogP contribution in [0.2, 0.25) is 0 Å².